The van der Waals surface area contributed by atoms with Gasteiger partial charge in [0, 0.05) is 23.9 Å². The van der Waals surface area contributed by atoms with Crippen molar-refractivity contribution in [1.29, 1.82) is 0 Å². The van der Waals surface area contributed by atoms with Gasteiger partial charge in [-0.2, -0.15) is 11.8 Å². The first-order valence-electron chi connectivity index (χ1n) is 6.75. The van der Waals surface area contributed by atoms with E-state index in [-0.39, 0.29) is 0 Å². The van der Waals surface area contributed by atoms with Crippen LogP contribution in [0.3, 0.4) is 0 Å². The molecule has 0 spiro atoms. The Morgan fingerprint density at radius 3 is 2.75 bits per heavy atom. The fourth-order valence-corrected chi connectivity index (χ4v) is 4.20. The second-order valence-corrected chi connectivity index (χ2v) is 6.81. The van der Waals surface area contributed by atoms with E-state index in [1.165, 1.54) is 58.3 Å². The van der Waals surface area contributed by atoms with Crippen LogP contribution < -0.4 is 5.32 Å². The number of rotatable bonds is 3. The quantitative estimate of drug-likeness (QED) is 0.818. The fraction of sp³-hybridized carbons (Fsp3) is 1.00. The predicted molar refractivity (Wildman–Crippen MR) is 73.2 cm³/mol. The van der Waals surface area contributed by atoms with Crippen molar-refractivity contribution in [3.63, 3.8) is 0 Å². The summed E-state index contributed by atoms with van der Waals surface area (Å²) in [7, 11) is 0. The normalized spacial score (nSPS) is 31.5. The van der Waals surface area contributed by atoms with E-state index >= 15 is 0 Å². The summed E-state index contributed by atoms with van der Waals surface area (Å²) in [5.41, 5.74) is 0. The van der Waals surface area contributed by atoms with Gasteiger partial charge in [-0.05, 0) is 45.5 Å². The fourth-order valence-electron chi connectivity index (χ4n) is 3.19. The maximum atomic E-state index is 3.58. The van der Waals surface area contributed by atoms with Crippen LogP contribution in [0.1, 0.15) is 39.0 Å². The van der Waals surface area contributed by atoms with Crippen LogP contribution in [-0.2, 0) is 0 Å². The third kappa shape index (κ3) is 3.14. The third-order valence-corrected chi connectivity index (χ3v) is 5.54. The summed E-state index contributed by atoms with van der Waals surface area (Å²) in [6, 6.07) is 0.669. The van der Waals surface area contributed by atoms with Crippen LogP contribution in [0.5, 0.6) is 0 Å². The Morgan fingerprint density at radius 2 is 2.06 bits per heavy atom. The molecule has 0 aromatic carbocycles. The zero-order valence-electron chi connectivity index (χ0n) is 10.8. The maximum Gasteiger partial charge on any atom is 0.0284 e. The molecule has 2 rings (SSSR count). The highest BCUT2D eigenvalue weighted by atomic mass is 32.2. The van der Waals surface area contributed by atoms with Crippen LogP contribution in [0.2, 0.25) is 0 Å². The molecule has 1 saturated heterocycles. The monoisotopic (exact) mass is 242 g/mol. The van der Waals surface area contributed by atoms with Gasteiger partial charge < -0.3 is 10.2 Å². The van der Waals surface area contributed by atoms with E-state index in [0.717, 1.165) is 0 Å². The van der Waals surface area contributed by atoms with E-state index in [9.17, 15) is 0 Å². The van der Waals surface area contributed by atoms with E-state index in [0.29, 0.717) is 10.8 Å². The highest BCUT2D eigenvalue weighted by Gasteiger charge is 2.35. The summed E-state index contributed by atoms with van der Waals surface area (Å²) in [4.78, 5) is 2.70. The van der Waals surface area contributed by atoms with Gasteiger partial charge in [-0.15, -0.1) is 0 Å². The first-order chi connectivity index (χ1) is 7.74. The van der Waals surface area contributed by atoms with Gasteiger partial charge in [0.05, 0.1) is 0 Å². The van der Waals surface area contributed by atoms with Gasteiger partial charge in [0.1, 0.15) is 0 Å². The lowest BCUT2D eigenvalue weighted by Crippen LogP contribution is -2.42. The Kier molecular flexibility index (Phi) is 4.57. The zero-order valence-corrected chi connectivity index (χ0v) is 11.6. The minimum absolute atomic E-state index is 0.587. The maximum absolute atomic E-state index is 3.58. The molecule has 0 amide bonds. The van der Waals surface area contributed by atoms with Crippen LogP contribution >= 0.6 is 11.8 Å². The van der Waals surface area contributed by atoms with Gasteiger partial charge in [0.25, 0.3) is 0 Å². The average molecular weight is 242 g/mol. The standard InChI is InChI=1S/C13H26N2S/c1-12-10-15(9-5-8-14-12)11-13(16-2)6-3-4-7-13/h12,14H,3-11H2,1-2H3. The average Bonchev–Trinajstić information content (AvgIpc) is 2.64. The van der Waals surface area contributed by atoms with E-state index in [1.54, 1.807) is 0 Å². The summed E-state index contributed by atoms with van der Waals surface area (Å²) in [5.74, 6) is 0. The topological polar surface area (TPSA) is 15.3 Å². The molecule has 1 heterocycles. The number of nitrogens with zero attached hydrogens (tertiary/aromatic N) is 1. The van der Waals surface area contributed by atoms with Crippen LogP contribution in [0.15, 0.2) is 0 Å². The van der Waals surface area contributed by atoms with Crippen molar-refractivity contribution < 1.29 is 0 Å². The second kappa shape index (κ2) is 5.74. The lowest BCUT2D eigenvalue weighted by Gasteiger charge is -2.34. The molecular formula is C13H26N2S. The molecular weight excluding hydrogens is 216 g/mol. The Hall–Kier alpha value is 0.270. The molecule has 1 unspecified atom stereocenters. The molecule has 0 bridgehead atoms. The molecule has 2 nitrogen and oxygen atoms in total. The van der Waals surface area contributed by atoms with Gasteiger partial charge in [0.15, 0.2) is 0 Å². The first kappa shape index (κ1) is 12.7. The van der Waals surface area contributed by atoms with Crippen molar-refractivity contribution in [1.82, 2.24) is 10.2 Å². The van der Waals surface area contributed by atoms with Crippen molar-refractivity contribution in [2.45, 2.75) is 49.8 Å². The lowest BCUT2D eigenvalue weighted by molar-refractivity contribution is 0.245. The summed E-state index contributed by atoms with van der Waals surface area (Å²) >= 11 is 2.12. The van der Waals surface area contributed by atoms with Crippen LogP contribution in [0.25, 0.3) is 0 Å². The number of hydrogen-bond donors (Lipinski definition) is 1. The zero-order chi connectivity index (χ0) is 11.4. The molecule has 0 aromatic heterocycles. The molecule has 0 aromatic rings. The summed E-state index contributed by atoms with van der Waals surface area (Å²) in [6.07, 6.45) is 9.39. The Labute approximate surface area is 105 Å². The first-order valence-corrected chi connectivity index (χ1v) is 7.97. The number of nitrogens with one attached hydrogen (secondary N) is 1. The van der Waals surface area contributed by atoms with E-state index < -0.39 is 0 Å². The number of hydrogen-bond acceptors (Lipinski definition) is 3. The second-order valence-electron chi connectivity index (χ2n) is 5.54. The van der Waals surface area contributed by atoms with Crippen molar-refractivity contribution in [2.75, 3.05) is 32.4 Å². The molecule has 0 radical (unpaired) electrons. The SMILES string of the molecule is CSC1(CN2CCCNC(C)C2)CCCC1. The summed E-state index contributed by atoms with van der Waals surface area (Å²) < 4.78 is 0.587. The van der Waals surface area contributed by atoms with Gasteiger partial charge in [-0.3, -0.25) is 0 Å². The Bertz CT molecular complexity index is 214. The van der Waals surface area contributed by atoms with E-state index in [1.807, 2.05) is 0 Å². The Morgan fingerprint density at radius 1 is 1.31 bits per heavy atom. The number of thioether (sulfide) groups is 1. The molecule has 94 valence electrons. The highest BCUT2D eigenvalue weighted by Crippen LogP contribution is 2.40. The smallest absolute Gasteiger partial charge is 0.0284 e. The van der Waals surface area contributed by atoms with Crippen LogP contribution in [0, 0.1) is 0 Å². The summed E-state index contributed by atoms with van der Waals surface area (Å²) in [6.45, 7) is 7.37. The minimum Gasteiger partial charge on any atom is -0.313 e. The molecule has 1 aliphatic heterocycles. The Balaban J connectivity index is 1.91. The van der Waals surface area contributed by atoms with Crippen molar-refractivity contribution >= 4 is 11.8 Å². The van der Waals surface area contributed by atoms with Gasteiger partial charge in [-0.1, -0.05) is 12.8 Å². The molecule has 1 aliphatic carbocycles. The largest absolute Gasteiger partial charge is 0.313 e. The van der Waals surface area contributed by atoms with E-state index in [2.05, 4.69) is 35.2 Å². The van der Waals surface area contributed by atoms with Crippen molar-refractivity contribution in [2.24, 2.45) is 0 Å². The molecule has 1 atom stereocenters. The molecule has 1 N–H and O–H groups in total. The molecule has 2 aliphatic rings. The summed E-state index contributed by atoms with van der Waals surface area (Å²) in [5, 5.41) is 3.58. The minimum atomic E-state index is 0.587. The molecule has 1 saturated carbocycles. The van der Waals surface area contributed by atoms with E-state index in [4.69, 9.17) is 0 Å². The third-order valence-electron chi connectivity index (χ3n) is 4.14. The molecule has 2 fully saturated rings. The molecule has 3 heteroatoms. The van der Waals surface area contributed by atoms with Crippen molar-refractivity contribution in [3.05, 3.63) is 0 Å². The van der Waals surface area contributed by atoms with Crippen LogP contribution in [-0.4, -0.2) is 48.1 Å². The molecule has 16 heavy (non-hydrogen) atoms. The predicted octanol–water partition coefficient (Wildman–Crippen LogP) is 2.35. The van der Waals surface area contributed by atoms with Gasteiger partial charge in [0.2, 0.25) is 0 Å². The van der Waals surface area contributed by atoms with Gasteiger partial charge >= 0.3 is 0 Å². The highest BCUT2D eigenvalue weighted by molar-refractivity contribution is 8.00. The van der Waals surface area contributed by atoms with Crippen molar-refractivity contribution in [3.8, 4) is 0 Å². The lowest BCUT2D eigenvalue weighted by atomic mass is 10.1. The van der Waals surface area contributed by atoms with Crippen LogP contribution in [0.4, 0.5) is 0 Å². The van der Waals surface area contributed by atoms with Gasteiger partial charge in [-0.25, -0.2) is 0 Å².